The lowest BCUT2D eigenvalue weighted by molar-refractivity contribution is 0.0526. The normalized spacial score (nSPS) is 15.9. The molecule has 1 fully saturated rings. The lowest BCUT2D eigenvalue weighted by Crippen LogP contribution is -2.46. The highest BCUT2D eigenvalue weighted by Gasteiger charge is 2.17. The van der Waals surface area contributed by atoms with Crippen LogP contribution in [-0.2, 0) is 4.74 Å². The maximum absolute atomic E-state index is 11.6. The Balaban J connectivity index is 1.94. The van der Waals surface area contributed by atoms with Gasteiger partial charge in [-0.05, 0) is 19.1 Å². The smallest absolute Gasteiger partial charge is 0.339 e. The molecule has 1 aliphatic heterocycles. The number of aromatic nitrogens is 1. The summed E-state index contributed by atoms with van der Waals surface area (Å²) < 4.78 is 4.95. The molecule has 1 aromatic rings. The van der Waals surface area contributed by atoms with E-state index in [0.717, 1.165) is 38.5 Å². The van der Waals surface area contributed by atoms with E-state index in [9.17, 15) is 4.79 Å². The van der Waals surface area contributed by atoms with Crippen LogP contribution in [0.3, 0.4) is 0 Å². The summed E-state index contributed by atoms with van der Waals surface area (Å²) in [6, 6.07) is 3.66. The Labute approximate surface area is 119 Å². The van der Waals surface area contributed by atoms with Crippen molar-refractivity contribution >= 4 is 11.8 Å². The molecule has 0 amide bonds. The first-order chi connectivity index (χ1) is 9.74. The average Bonchev–Trinajstić information content (AvgIpc) is 2.49. The minimum Gasteiger partial charge on any atom is -0.462 e. The van der Waals surface area contributed by atoms with E-state index in [1.165, 1.54) is 0 Å². The van der Waals surface area contributed by atoms with E-state index in [2.05, 4.69) is 21.4 Å². The van der Waals surface area contributed by atoms with Crippen LogP contribution >= 0.6 is 0 Å². The molecule has 0 saturated carbocycles. The maximum atomic E-state index is 11.6. The zero-order valence-corrected chi connectivity index (χ0v) is 11.9. The van der Waals surface area contributed by atoms with Crippen molar-refractivity contribution in [3.63, 3.8) is 0 Å². The van der Waals surface area contributed by atoms with Gasteiger partial charge in [0.2, 0.25) is 0 Å². The minimum absolute atomic E-state index is 0.317. The highest BCUT2D eigenvalue weighted by Crippen LogP contribution is 2.14. The fourth-order valence-electron chi connectivity index (χ4n) is 2.25. The summed E-state index contributed by atoms with van der Waals surface area (Å²) in [6.45, 7) is 10.8. The number of nitrogens with zero attached hydrogens (tertiary/aromatic N) is 3. The van der Waals surface area contributed by atoms with Crippen molar-refractivity contribution in [3.05, 3.63) is 36.5 Å². The van der Waals surface area contributed by atoms with E-state index < -0.39 is 0 Å². The van der Waals surface area contributed by atoms with Crippen molar-refractivity contribution in [2.24, 2.45) is 0 Å². The van der Waals surface area contributed by atoms with E-state index >= 15 is 0 Å². The van der Waals surface area contributed by atoms with E-state index in [1.807, 2.05) is 12.1 Å². The third kappa shape index (κ3) is 3.57. The predicted molar refractivity (Wildman–Crippen MR) is 79.0 cm³/mol. The van der Waals surface area contributed by atoms with Gasteiger partial charge in [-0.15, -0.1) is 6.58 Å². The molecule has 108 valence electrons. The number of esters is 1. The molecule has 0 radical (unpaired) electrons. The first-order valence-electron chi connectivity index (χ1n) is 6.96. The number of piperazine rings is 1. The number of rotatable bonds is 5. The Hall–Kier alpha value is -1.88. The highest BCUT2D eigenvalue weighted by molar-refractivity contribution is 5.89. The summed E-state index contributed by atoms with van der Waals surface area (Å²) in [6.07, 6.45) is 3.52. The molecule has 2 rings (SSSR count). The van der Waals surface area contributed by atoms with E-state index in [0.29, 0.717) is 12.2 Å². The molecule has 0 aliphatic carbocycles. The molecular formula is C15H21N3O2. The molecule has 0 spiro atoms. The maximum Gasteiger partial charge on any atom is 0.339 e. The standard InChI is InChI=1S/C15H21N3O2/c1-3-7-17-8-10-18(11-9-17)14-6-5-13(12-16-14)15(19)20-4-2/h3,5-6,12H,1,4,7-11H2,2H3. The van der Waals surface area contributed by atoms with Crippen LogP contribution in [0.4, 0.5) is 5.82 Å². The molecule has 1 aliphatic rings. The van der Waals surface area contributed by atoms with Crippen molar-refractivity contribution in [3.8, 4) is 0 Å². The van der Waals surface area contributed by atoms with Crippen molar-refractivity contribution < 1.29 is 9.53 Å². The van der Waals surface area contributed by atoms with Gasteiger partial charge in [0.1, 0.15) is 5.82 Å². The number of anilines is 1. The first-order valence-corrected chi connectivity index (χ1v) is 6.96. The second kappa shape index (κ2) is 7.05. The van der Waals surface area contributed by atoms with Gasteiger partial charge in [0.15, 0.2) is 0 Å². The number of pyridine rings is 1. The molecule has 5 nitrogen and oxygen atoms in total. The number of ether oxygens (including phenoxy) is 1. The molecule has 1 saturated heterocycles. The fourth-order valence-corrected chi connectivity index (χ4v) is 2.25. The molecule has 0 N–H and O–H groups in total. The Morgan fingerprint density at radius 2 is 2.15 bits per heavy atom. The van der Waals surface area contributed by atoms with Gasteiger partial charge in [-0.2, -0.15) is 0 Å². The molecule has 0 atom stereocenters. The lowest BCUT2D eigenvalue weighted by Gasteiger charge is -2.34. The van der Waals surface area contributed by atoms with Crippen LogP contribution in [0.2, 0.25) is 0 Å². The zero-order valence-electron chi connectivity index (χ0n) is 11.9. The van der Waals surface area contributed by atoms with Gasteiger partial charge < -0.3 is 9.64 Å². The van der Waals surface area contributed by atoms with Gasteiger partial charge >= 0.3 is 5.97 Å². The van der Waals surface area contributed by atoms with Crippen molar-refractivity contribution in [1.82, 2.24) is 9.88 Å². The van der Waals surface area contributed by atoms with Crippen LogP contribution in [0.5, 0.6) is 0 Å². The summed E-state index contributed by atoms with van der Waals surface area (Å²) >= 11 is 0. The second-order valence-corrected chi connectivity index (χ2v) is 4.70. The van der Waals surface area contributed by atoms with Crippen LogP contribution in [0, 0.1) is 0 Å². The number of carbonyl (C=O) groups is 1. The summed E-state index contributed by atoms with van der Waals surface area (Å²) in [5.41, 5.74) is 0.501. The van der Waals surface area contributed by atoms with Gasteiger partial charge in [0.05, 0.1) is 12.2 Å². The van der Waals surface area contributed by atoms with Crippen LogP contribution in [-0.4, -0.2) is 55.2 Å². The Morgan fingerprint density at radius 3 is 2.70 bits per heavy atom. The lowest BCUT2D eigenvalue weighted by atomic mass is 10.2. The third-order valence-electron chi connectivity index (χ3n) is 3.34. The fraction of sp³-hybridized carbons (Fsp3) is 0.467. The first kappa shape index (κ1) is 14.5. The quantitative estimate of drug-likeness (QED) is 0.603. The van der Waals surface area contributed by atoms with Crippen molar-refractivity contribution in [2.45, 2.75) is 6.92 Å². The molecular weight excluding hydrogens is 254 g/mol. The third-order valence-corrected chi connectivity index (χ3v) is 3.34. The SMILES string of the molecule is C=CCN1CCN(c2ccc(C(=O)OCC)cn2)CC1. The predicted octanol–water partition coefficient (Wildman–Crippen LogP) is 1.57. The van der Waals surface area contributed by atoms with Gasteiger partial charge in [0, 0.05) is 38.9 Å². The topological polar surface area (TPSA) is 45.7 Å². The molecule has 1 aromatic heterocycles. The average molecular weight is 275 g/mol. The summed E-state index contributed by atoms with van der Waals surface area (Å²) in [5, 5.41) is 0. The van der Waals surface area contributed by atoms with Crippen LogP contribution < -0.4 is 4.90 Å². The minimum atomic E-state index is -0.317. The molecule has 0 unspecified atom stereocenters. The van der Waals surface area contributed by atoms with Gasteiger partial charge in [0.25, 0.3) is 0 Å². The molecule has 0 aromatic carbocycles. The number of hydrogen-bond donors (Lipinski definition) is 0. The summed E-state index contributed by atoms with van der Waals surface area (Å²) in [4.78, 5) is 20.5. The largest absolute Gasteiger partial charge is 0.462 e. The van der Waals surface area contributed by atoms with Crippen molar-refractivity contribution in [1.29, 1.82) is 0 Å². The van der Waals surface area contributed by atoms with Gasteiger partial charge in [-0.1, -0.05) is 6.08 Å². The molecule has 2 heterocycles. The zero-order chi connectivity index (χ0) is 14.4. The van der Waals surface area contributed by atoms with E-state index in [-0.39, 0.29) is 5.97 Å². The molecule has 20 heavy (non-hydrogen) atoms. The Bertz CT molecular complexity index is 451. The molecule has 5 heteroatoms. The summed E-state index contributed by atoms with van der Waals surface area (Å²) in [7, 11) is 0. The van der Waals surface area contributed by atoms with Crippen LogP contribution in [0.15, 0.2) is 31.0 Å². The number of carbonyl (C=O) groups excluding carboxylic acids is 1. The van der Waals surface area contributed by atoms with Crippen LogP contribution in [0.1, 0.15) is 17.3 Å². The second-order valence-electron chi connectivity index (χ2n) is 4.70. The van der Waals surface area contributed by atoms with E-state index in [1.54, 1.807) is 19.2 Å². The van der Waals surface area contributed by atoms with Crippen LogP contribution in [0.25, 0.3) is 0 Å². The summed E-state index contributed by atoms with van der Waals surface area (Å²) in [5.74, 6) is 0.596. The van der Waals surface area contributed by atoms with Crippen molar-refractivity contribution in [2.75, 3.05) is 44.2 Å². The number of hydrogen-bond acceptors (Lipinski definition) is 5. The molecule has 0 bridgehead atoms. The monoisotopic (exact) mass is 275 g/mol. The Morgan fingerprint density at radius 1 is 1.40 bits per heavy atom. The Kier molecular flexibility index (Phi) is 5.12. The highest BCUT2D eigenvalue weighted by atomic mass is 16.5. The van der Waals surface area contributed by atoms with E-state index in [4.69, 9.17) is 4.74 Å². The van der Waals surface area contributed by atoms with Gasteiger partial charge in [-0.3, -0.25) is 4.90 Å². The van der Waals surface area contributed by atoms with Gasteiger partial charge in [-0.25, -0.2) is 9.78 Å².